The number of amides is 3. The van der Waals surface area contributed by atoms with Gasteiger partial charge >= 0.3 is 30.0 Å². The molecule has 0 radical (unpaired) electrons. The average molecular weight is 797 g/mol. The minimum atomic E-state index is -4.62. The van der Waals surface area contributed by atoms with E-state index in [1.165, 1.54) is 36.4 Å². The molecule has 0 spiro atoms. The van der Waals surface area contributed by atoms with Gasteiger partial charge in [0.2, 0.25) is 11.9 Å². The predicted octanol–water partition coefficient (Wildman–Crippen LogP) is 6.39. The maximum atomic E-state index is 13.0. The van der Waals surface area contributed by atoms with Crippen LogP contribution in [-0.2, 0) is 19.9 Å². The van der Waals surface area contributed by atoms with Crippen LogP contribution in [0.1, 0.15) is 66.8 Å². The number of ether oxygens (including phenoxy) is 2. The highest BCUT2D eigenvalue weighted by Crippen LogP contribution is 2.48. The van der Waals surface area contributed by atoms with Crippen molar-refractivity contribution in [2.75, 3.05) is 35.6 Å². The molecule has 18 heteroatoms. The van der Waals surface area contributed by atoms with Gasteiger partial charge in [-0.15, -0.1) is 0 Å². The molecule has 5 rings (SSSR count). The number of aromatic nitrogens is 3. The molecule has 56 heavy (non-hydrogen) atoms. The molecule has 1 fully saturated rings. The summed E-state index contributed by atoms with van der Waals surface area (Å²) in [5.74, 6) is -2.81. The lowest BCUT2D eigenvalue weighted by atomic mass is 9.93. The first kappa shape index (κ1) is 41.2. The van der Waals surface area contributed by atoms with Crippen LogP contribution in [0.2, 0.25) is 5.02 Å². The summed E-state index contributed by atoms with van der Waals surface area (Å²) in [6.07, 6.45) is -3.45. The Hall–Kier alpha value is -5.97. The monoisotopic (exact) mass is 796 g/mol. The van der Waals surface area contributed by atoms with E-state index in [-0.39, 0.29) is 31.1 Å². The van der Waals surface area contributed by atoms with Gasteiger partial charge in [-0.1, -0.05) is 37.6 Å². The van der Waals surface area contributed by atoms with Gasteiger partial charge in [0.15, 0.2) is 6.61 Å². The van der Waals surface area contributed by atoms with E-state index in [2.05, 4.69) is 41.5 Å². The molecule has 0 aliphatic heterocycles. The Balaban J connectivity index is 1.13. The number of hydrogen-bond acceptors (Lipinski definition) is 11. The van der Waals surface area contributed by atoms with Gasteiger partial charge in [-0.05, 0) is 98.3 Å². The number of halogens is 4. The van der Waals surface area contributed by atoms with E-state index in [9.17, 15) is 32.3 Å². The highest BCUT2D eigenvalue weighted by molar-refractivity contribution is 6.39. The number of anilines is 4. The van der Waals surface area contributed by atoms with Crippen molar-refractivity contribution >= 4 is 58.6 Å². The molecule has 1 saturated carbocycles. The lowest BCUT2D eigenvalue weighted by molar-refractivity contribution is -0.154. The molecule has 0 atom stereocenters. The van der Waals surface area contributed by atoms with E-state index in [0.717, 1.165) is 18.4 Å². The fourth-order valence-electron chi connectivity index (χ4n) is 5.15. The van der Waals surface area contributed by atoms with Crippen LogP contribution in [0, 0.1) is 5.41 Å². The predicted molar refractivity (Wildman–Crippen MR) is 202 cm³/mol. The summed E-state index contributed by atoms with van der Waals surface area (Å²) in [6.45, 7) is 5.63. The molecule has 296 valence electrons. The van der Waals surface area contributed by atoms with Gasteiger partial charge in [-0.25, -0.2) is 4.79 Å². The molecule has 4 aromatic rings. The normalized spacial score (nSPS) is 13.3. The van der Waals surface area contributed by atoms with Crippen LogP contribution in [0.4, 0.5) is 36.4 Å². The minimum absolute atomic E-state index is 0.000548. The third-order valence-corrected chi connectivity index (χ3v) is 8.52. The summed E-state index contributed by atoms with van der Waals surface area (Å²) in [5.41, 5.74) is 1.04. The van der Waals surface area contributed by atoms with Gasteiger partial charge in [0.25, 0.3) is 5.91 Å². The molecular formula is C38H40ClF3N8O6. The van der Waals surface area contributed by atoms with Crippen molar-refractivity contribution in [3.63, 3.8) is 0 Å². The first-order chi connectivity index (χ1) is 26.4. The molecule has 3 amide bonds. The van der Waals surface area contributed by atoms with Crippen molar-refractivity contribution in [1.82, 2.24) is 25.6 Å². The second kappa shape index (κ2) is 17.2. The van der Waals surface area contributed by atoms with Crippen LogP contribution >= 0.6 is 11.6 Å². The van der Waals surface area contributed by atoms with Crippen molar-refractivity contribution < 1.29 is 41.8 Å². The number of rotatable bonds is 15. The third kappa shape index (κ3) is 12.0. The van der Waals surface area contributed by atoms with Gasteiger partial charge in [0.1, 0.15) is 0 Å². The van der Waals surface area contributed by atoms with Crippen LogP contribution in [0.5, 0.6) is 6.01 Å². The molecular weight excluding hydrogens is 757 g/mol. The molecule has 1 aromatic heterocycles. The first-order valence-electron chi connectivity index (χ1n) is 17.4. The van der Waals surface area contributed by atoms with Gasteiger partial charge in [0, 0.05) is 35.1 Å². The lowest BCUT2D eigenvalue weighted by Crippen LogP contribution is -2.44. The molecule has 5 N–H and O–H groups in total. The summed E-state index contributed by atoms with van der Waals surface area (Å²) < 4.78 is 48.8. The standard InChI is InChI=1S/C38H40ClF3N8O6/c1-22(2)56-32(54)24-7-15-27(16-8-24)45-31(53)30(52)44-20-36(3,4)19-43-29(51)23-5-13-28(14-6-23)46-33-47-34(49-35(48-33)55-21-38(40,41)42)50-37(17-18-37)25-9-11-26(39)12-10-25/h5-16,22H,17-21H2,1-4H3,(H,43,51)(H,44,52)(H,45,53)(H2,46,47,48,49,50). The summed E-state index contributed by atoms with van der Waals surface area (Å²) in [5, 5.41) is 14.5. The molecule has 0 bridgehead atoms. The van der Waals surface area contributed by atoms with Crippen LogP contribution in [0.15, 0.2) is 72.8 Å². The Labute approximate surface area is 325 Å². The zero-order valence-electron chi connectivity index (χ0n) is 30.8. The molecule has 3 aromatic carbocycles. The fourth-order valence-corrected chi connectivity index (χ4v) is 5.28. The zero-order valence-corrected chi connectivity index (χ0v) is 31.6. The smallest absolute Gasteiger partial charge is 0.422 e. The van der Waals surface area contributed by atoms with E-state index < -0.39 is 53.4 Å². The third-order valence-electron chi connectivity index (χ3n) is 8.26. The highest BCUT2D eigenvalue weighted by atomic mass is 35.5. The van der Waals surface area contributed by atoms with E-state index in [0.29, 0.717) is 27.5 Å². The van der Waals surface area contributed by atoms with Crippen molar-refractivity contribution in [2.45, 2.75) is 58.4 Å². The van der Waals surface area contributed by atoms with E-state index >= 15 is 0 Å². The van der Waals surface area contributed by atoms with Gasteiger partial charge in [-0.2, -0.15) is 28.1 Å². The van der Waals surface area contributed by atoms with Gasteiger partial charge in [-0.3, -0.25) is 14.4 Å². The maximum Gasteiger partial charge on any atom is 0.422 e. The van der Waals surface area contributed by atoms with Gasteiger partial charge in [0.05, 0.1) is 17.2 Å². The topological polar surface area (TPSA) is 186 Å². The van der Waals surface area contributed by atoms with E-state index in [4.69, 9.17) is 21.1 Å². The largest absolute Gasteiger partial charge is 0.459 e. The molecule has 1 aliphatic carbocycles. The number of alkyl halides is 3. The quantitative estimate of drug-likeness (QED) is 0.0664. The minimum Gasteiger partial charge on any atom is -0.459 e. The first-order valence-corrected chi connectivity index (χ1v) is 17.8. The number of carbonyl (C=O) groups is 4. The Morgan fingerprint density at radius 3 is 1.98 bits per heavy atom. The summed E-state index contributed by atoms with van der Waals surface area (Å²) in [4.78, 5) is 62.3. The number of carbonyl (C=O) groups excluding carboxylic acids is 4. The number of nitrogens with zero attached hydrogens (tertiary/aromatic N) is 3. The Bertz CT molecular complexity index is 2040. The van der Waals surface area contributed by atoms with Crippen LogP contribution in [0.25, 0.3) is 0 Å². The average Bonchev–Trinajstić information content (AvgIpc) is 3.92. The van der Waals surface area contributed by atoms with E-state index in [1.54, 1.807) is 52.0 Å². The second-order valence-electron chi connectivity index (χ2n) is 14.1. The Morgan fingerprint density at radius 2 is 1.38 bits per heavy atom. The van der Waals surface area contributed by atoms with Crippen LogP contribution in [0.3, 0.4) is 0 Å². The number of nitrogens with one attached hydrogen (secondary N) is 5. The summed E-state index contributed by atoms with van der Waals surface area (Å²) in [6, 6.07) is 18.7. The molecule has 1 heterocycles. The lowest BCUT2D eigenvalue weighted by Gasteiger charge is -2.25. The maximum absolute atomic E-state index is 13.0. The number of esters is 1. The Morgan fingerprint density at radius 1 is 0.786 bits per heavy atom. The van der Waals surface area contributed by atoms with Crippen LogP contribution in [-0.4, -0.2) is 70.6 Å². The van der Waals surface area contributed by atoms with Crippen LogP contribution < -0.4 is 31.3 Å². The SMILES string of the molecule is CC(C)OC(=O)c1ccc(NC(=O)C(=O)NCC(C)(C)CNC(=O)c2ccc(Nc3nc(NC4(c5ccc(Cl)cc5)CC4)nc(OCC(F)(F)F)n3)cc2)cc1. The number of hydrogen-bond donors (Lipinski definition) is 5. The summed E-state index contributed by atoms with van der Waals surface area (Å²) >= 11 is 6.03. The molecule has 1 aliphatic rings. The van der Waals surface area contributed by atoms with Crippen molar-refractivity contribution in [3.8, 4) is 6.01 Å². The van der Waals surface area contributed by atoms with E-state index in [1.807, 2.05) is 12.1 Å². The molecule has 0 unspecified atom stereocenters. The zero-order chi connectivity index (χ0) is 40.7. The highest BCUT2D eigenvalue weighted by Gasteiger charge is 2.45. The summed E-state index contributed by atoms with van der Waals surface area (Å²) in [7, 11) is 0. The molecule has 14 nitrogen and oxygen atoms in total. The van der Waals surface area contributed by atoms with Crippen molar-refractivity contribution in [2.24, 2.45) is 5.41 Å². The van der Waals surface area contributed by atoms with Crippen molar-refractivity contribution in [1.29, 1.82) is 0 Å². The van der Waals surface area contributed by atoms with Crippen molar-refractivity contribution in [3.05, 3.63) is 94.5 Å². The molecule has 0 saturated heterocycles. The second-order valence-corrected chi connectivity index (χ2v) is 14.5. The fraction of sp³-hybridized carbons (Fsp3) is 0.342. The number of benzene rings is 3. The Kier molecular flexibility index (Phi) is 12.7. The van der Waals surface area contributed by atoms with Gasteiger partial charge < -0.3 is 36.1 Å².